The van der Waals surface area contributed by atoms with E-state index in [2.05, 4.69) is 54.9 Å². The van der Waals surface area contributed by atoms with Gasteiger partial charge in [0.2, 0.25) is 0 Å². The number of fused-ring (bicyclic) bond motifs is 1. The third kappa shape index (κ3) is 2.66. The summed E-state index contributed by atoms with van der Waals surface area (Å²) in [5, 5.41) is 10.0. The van der Waals surface area contributed by atoms with E-state index >= 15 is 0 Å². The number of hydrogen-bond acceptors (Lipinski definition) is 5. The Morgan fingerprint density at radius 2 is 1.88 bits per heavy atom. The van der Waals surface area contributed by atoms with Gasteiger partial charge in [0.1, 0.15) is 15.8 Å². The van der Waals surface area contributed by atoms with E-state index in [4.69, 9.17) is 5.73 Å². The third-order valence-corrected chi connectivity index (χ3v) is 4.97. The average Bonchev–Trinajstić information content (AvgIpc) is 3.06. The average molecular weight is 445 g/mol. The number of aromatic nitrogens is 6. The number of nitrogen functional groups attached to an aromatic ring is 1. The molecule has 0 saturated carbocycles. The lowest BCUT2D eigenvalue weighted by Gasteiger charge is -2.08. The fourth-order valence-corrected chi connectivity index (χ4v) is 3.87. The van der Waals surface area contributed by atoms with Crippen molar-refractivity contribution in [2.24, 2.45) is 7.05 Å². The first kappa shape index (κ1) is 16.0. The fourth-order valence-electron chi connectivity index (χ4n) is 3.09. The quantitative estimate of drug-likeness (QED) is 0.490. The van der Waals surface area contributed by atoms with Crippen LogP contribution in [-0.2, 0) is 13.6 Å². The van der Waals surface area contributed by atoms with Crippen molar-refractivity contribution in [1.29, 1.82) is 0 Å². The van der Waals surface area contributed by atoms with Gasteiger partial charge in [0.15, 0.2) is 5.65 Å². The molecule has 0 radical (unpaired) electrons. The molecular formula is C17H16IN7. The maximum absolute atomic E-state index is 5.99. The molecule has 3 aromatic heterocycles. The summed E-state index contributed by atoms with van der Waals surface area (Å²) >= 11 is 2.17. The van der Waals surface area contributed by atoms with Crippen LogP contribution in [0.15, 0.2) is 36.7 Å². The third-order valence-electron chi connectivity index (χ3n) is 4.22. The molecule has 0 saturated heterocycles. The van der Waals surface area contributed by atoms with Gasteiger partial charge in [-0.3, -0.25) is 4.68 Å². The number of anilines is 1. The summed E-state index contributed by atoms with van der Waals surface area (Å²) in [6.07, 6.45) is 1.47. The number of aryl methyl sites for hydroxylation is 2. The second kappa shape index (κ2) is 6.10. The summed E-state index contributed by atoms with van der Waals surface area (Å²) in [4.78, 5) is 8.44. The lowest BCUT2D eigenvalue weighted by molar-refractivity contribution is 0.695. The van der Waals surface area contributed by atoms with Crippen molar-refractivity contribution in [3.63, 3.8) is 0 Å². The van der Waals surface area contributed by atoms with Gasteiger partial charge < -0.3 is 5.73 Å². The van der Waals surface area contributed by atoms with Crippen LogP contribution in [0, 0.1) is 10.6 Å². The molecule has 126 valence electrons. The van der Waals surface area contributed by atoms with E-state index in [0.29, 0.717) is 12.4 Å². The van der Waals surface area contributed by atoms with Crippen molar-refractivity contribution in [3.05, 3.63) is 51.6 Å². The van der Waals surface area contributed by atoms with Gasteiger partial charge in [-0.15, -0.1) is 0 Å². The molecule has 7 nitrogen and oxygen atoms in total. The topological polar surface area (TPSA) is 87.4 Å². The first-order valence-corrected chi connectivity index (χ1v) is 8.84. The highest BCUT2D eigenvalue weighted by Gasteiger charge is 2.19. The van der Waals surface area contributed by atoms with Crippen LogP contribution in [0.1, 0.15) is 11.3 Å². The van der Waals surface area contributed by atoms with Crippen molar-refractivity contribution in [2.45, 2.75) is 13.5 Å². The predicted octanol–water partition coefficient (Wildman–Crippen LogP) is 2.77. The highest BCUT2D eigenvalue weighted by atomic mass is 127. The van der Waals surface area contributed by atoms with E-state index in [1.807, 2.05) is 41.5 Å². The molecule has 2 N–H and O–H groups in total. The lowest BCUT2D eigenvalue weighted by atomic mass is 10.1. The molecule has 0 aliphatic carbocycles. The molecule has 0 atom stereocenters. The number of nitrogens with two attached hydrogens (primary N) is 1. The Morgan fingerprint density at radius 1 is 1.12 bits per heavy atom. The maximum Gasteiger partial charge on any atom is 0.164 e. The Labute approximate surface area is 158 Å². The summed E-state index contributed by atoms with van der Waals surface area (Å²) in [6.45, 7) is 2.58. The van der Waals surface area contributed by atoms with Crippen LogP contribution in [0.5, 0.6) is 0 Å². The SMILES string of the molecule is Cc1nn(C)c(-c2ccccc2)c1Cn1nc(I)c2c(N)ncnc21. The highest BCUT2D eigenvalue weighted by molar-refractivity contribution is 14.1. The van der Waals surface area contributed by atoms with Crippen LogP contribution in [-0.4, -0.2) is 29.5 Å². The van der Waals surface area contributed by atoms with Gasteiger partial charge in [0.25, 0.3) is 0 Å². The lowest BCUT2D eigenvalue weighted by Crippen LogP contribution is -2.05. The Kier molecular flexibility index (Phi) is 3.91. The molecule has 0 aliphatic rings. The summed E-state index contributed by atoms with van der Waals surface area (Å²) in [5.74, 6) is 0.451. The van der Waals surface area contributed by atoms with Crippen molar-refractivity contribution >= 4 is 39.4 Å². The standard InChI is InChI=1S/C17H16IN7/c1-10-12(14(24(2)22-10)11-6-4-3-5-7-11)8-25-17-13(15(18)23-25)16(19)20-9-21-17/h3-7,9H,8H2,1-2H3,(H2,19,20,21). The molecule has 4 rings (SSSR count). The Hall–Kier alpha value is -2.49. The summed E-state index contributed by atoms with van der Waals surface area (Å²) in [6, 6.07) is 10.2. The first-order chi connectivity index (χ1) is 12.1. The van der Waals surface area contributed by atoms with Crippen LogP contribution in [0.3, 0.4) is 0 Å². The van der Waals surface area contributed by atoms with Crippen molar-refractivity contribution < 1.29 is 0 Å². The summed E-state index contributed by atoms with van der Waals surface area (Å²) in [5.41, 5.74) is 11.0. The van der Waals surface area contributed by atoms with Crippen molar-refractivity contribution in [3.8, 4) is 11.3 Å². The van der Waals surface area contributed by atoms with E-state index in [-0.39, 0.29) is 0 Å². The molecule has 0 unspecified atom stereocenters. The molecule has 0 amide bonds. The van der Waals surface area contributed by atoms with Crippen LogP contribution in [0.4, 0.5) is 5.82 Å². The monoisotopic (exact) mass is 445 g/mol. The first-order valence-electron chi connectivity index (χ1n) is 7.76. The zero-order valence-corrected chi connectivity index (χ0v) is 16.0. The Bertz CT molecular complexity index is 1070. The molecule has 3 heterocycles. The van der Waals surface area contributed by atoms with E-state index in [9.17, 15) is 0 Å². The van der Waals surface area contributed by atoms with Gasteiger partial charge in [-0.1, -0.05) is 30.3 Å². The molecule has 0 fully saturated rings. The number of rotatable bonds is 3. The minimum atomic E-state index is 0.451. The smallest absolute Gasteiger partial charge is 0.164 e. The van der Waals surface area contributed by atoms with E-state index in [1.165, 1.54) is 6.33 Å². The predicted molar refractivity (Wildman–Crippen MR) is 105 cm³/mol. The Balaban J connectivity index is 1.87. The second-order valence-corrected chi connectivity index (χ2v) is 6.83. The van der Waals surface area contributed by atoms with Crippen LogP contribution < -0.4 is 5.73 Å². The van der Waals surface area contributed by atoms with Crippen molar-refractivity contribution in [2.75, 3.05) is 5.73 Å². The minimum Gasteiger partial charge on any atom is -0.383 e. The second-order valence-electron chi connectivity index (χ2n) is 5.81. The summed E-state index contributed by atoms with van der Waals surface area (Å²) < 4.78 is 4.58. The van der Waals surface area contributed by atoms with Gasteiger partial charge in [-0.25, -0.2) is 14.6 Å². The van der Waals surface area contributed by atoms with E-state index < -0.39 is 0 Å². The number of hydrogen-bond donors (Lipinski definition) is 1. The maximum atomic E-state index is 5.99. The molecule has 1 aromatic carbocycles. The van der Waals surface area contributed by atoms with Gasteiger partial charge in [0.05, 0.1) is 23.3 Å². The van der Waals surface area contributed by atoms with E-state index in [0.717, 1.165) is 37.2 Å². The Morgan fingerprint density at radius 3 is 2.64 bits per heavy atom. The molecule has 0 spiro atoms. The molecule has 0 bridgehead atoms. The number of nitrogens with zero attached hydrogens (tertiary/aromatic N) is 6. The van der Waals surface area contributed by atoms with Crippen LogP contribution in [0.2, 0.25) is 0 Å². The molecule has 4 aromatic rings. The van der Waals surface area contributed by atoms with Gasteiger partial charge in [-0.2, -0.15) is 10.2 Å². The fraction of sp³-hybridized carbons (Fsp3) is 0.176. The minimum absolute atomic E-state index is 0.451. The van der Waals surface area contributed by atoms with Gasteiger partial charge >= 0.3 is 0 Å². The van der Waals surface area contributed by atoms with Gasteiger partial charge in [-0.05, 0) is 29.5 Å². The summed E-state index contributed by atoms with van der Waals surface area (Å²) in [7, 11) is 1.96. The zero-order valence-electron chi connectivity index (χ0n) is 13.8. The van der Waals surface area contributed by atoms with Gasteiger partial charge in [0, 0.05) is 18.2 Å². The molecular weight excluding hydrogens is 429 g/mol. The molecule has 0 aliphatic heterocycles. The number of benzene rings is 1. The largest absolute Gasteiger partial charge is 0.383 e. The highest BCUT2D eigenvalue weighted by Crippen LogP contribution is 2.28. The van der Waals surface area contributed by atoms with Crippen LogP contribution >= 0.6 is 22.6 Å². The molecule has 8 heteroatoms. The number of halogens is 1. The van der Waals surface area contributed by atoms with Crippen molar-refractivity contribution in [1.82, 2.24) is 29.5 Å². The van der Waals surface area contributed by atoms with Crippen LogP contribution in [0.25, 0.3) is 22.3 Å². The van der Waals surface area contributed by atoms with E-state index in [1.54, 1.807) is 0 Å². The molecule has 25 heavy (non-hydrogen) atoms. The zero-order chi connectivity index (χ0) is 17.6. The normalized spacial score (nSPS) is 11.3.